The van der Waals surface area contributed by atoms with Gasteiger partial charge in [0.1, 0.15) is 5.69 Å². The van der Waals surface area contributed by atoms with Crippen LogP contribution >= 0.6 is 0 Å². The highest BCUT2D eigenvalue weighted by Gasteiger charge is 2.13. The molecule has 6 heteroatoms. The maximum atomic E-state index is 8.58. The van der Waals surface area contributed by atoms with E-state index in [1.54, 1.807) is 12.5 Å². The minimum atomic E-state index is 0.222. The molecule has 0 amide bonds. The Balaban J connectivity index is 2.12. The summed E-state index contributed by atoms with van der Waals surface area (Å²) < 4.78 is 6.98. The zero-order valence-corrected chi connectivity index (χ0v) is 9.79. The van der Waals surface area contributed by atoms with Crippen molar-refractivity contribution >= 4 is 0 Å². The molecule has 1 unspecified atom stereocenters. The molecule has 6 nitrogen and oxygen atoms in total. The molecule has 0 aromatic carbocycles. The largest absolute Gasteiger partial charge is 0.339 e. The topological polar surface area (TPSA) is 80.5 Å². The molecule has 88 valence electrons. The highest BCUT2D eigenvalue weighted by atomic mass is 16.5. The molecular weight excluding hydrogens is 218 g/mol. The van der Waals surface area contributed by atoms with Gasteiger partial charge in [-0.1, -0.05) is 12.1 Å². The lowest BCUT2D eigenvalue weighted by molar-refractivity contribution is 0.359. The molecule has 0 aliphatic rings. The van der Waals surface area contributed by atoms with Crippen LogP contribution in [0.4, 0.5) is 0 Å². The summed E-state index contributed by atoms with van der Waals surface area (Å²) in [6.45, 7) is 1.98. The first-order valence-corrected chi connectivity index (χ1v) is 5.37. The standard InChI is InChI=1S/C11H13N5O/c1-8(3-4-12)5-10-14-11(15-17-10)9-6-13-7-16(9)2/h6-8H,3,5H2,1-2H3. The zero-order valence-electron chi connectivity index (χ0n) is 9.79. The molecule has 2 aromatic rings. The van der Waals surface area contributed by atoms with Gasteiger partial charge in [0, 0.05) is 19.9 Å². The third-order valence-electron chi connectivity index (χ3n) is 2.48. The molecule has 0 aliphatic heterocycles. The molecule has 2 aromatic heterocycles. The Bertz CT molecular complexity index is 536. The lowest BCUT2D eigenvalue weighted by Crippen LogP contribution is -1.99. The molecule has 0 N–H and O–H groups in total. The van der Waals surface area contributed by atoms with E-state index in [9.17, 15) is 0 Å². The molecule has 1 atom stereocenters. The number of imidazole rings is 1. The number of aromatic nitrogens is 4. The van der Waals surface area contributed by atoms with Crippen molar-refractivity contribution in [3.63, 3.8) is 0 Å². The smallest absolute Gasteiger partial charge is 0.227 e. The fourth-order valence-corrected chi connectivity index (χ4v) is 1.54. The molecule has 2 heterocycles. The number of rotatable bonds is 4. The van der Waals surface area contributed by atoms with Gasteiger partial charge in [-0.3, -0.25) is 0 Å². The van der Waals surface area contributed by atoms with E-state index in [-0.39, 0.29) is 5.92 Å². The van der Waals surface area contributed by atoms with Crippen molar-refractivity contribution in [1.29, 1.82) is 5.26 Å². The van der Waals surface area contributed by atoms with Gasteiger partial charge in [0.25, 0.3) is 0 Å². The van der Waals surface area contributed by atoms with Crippen LogP contribution in [-0.2, 0) is 13.5 Å². The monoisotopic (exact) mass is 231 g/mol. The van der Waals surface area contributed by atoms with E-state index in [0.717, 1.165) is 5.69 Å². The Kier molecular flexibility index (Phi) is 3.19. The molecule has 0 saturated heterocycles. The molecule has 0 radical (unpaired) electrons. The van der Waals surface area contributed by atoms with E-state index < -0.39 is 0 Å². The van der Waals surface area contributed by atoms with Crippen molar-refractivity contribution < 1.29 is 4.52 Å². The van der Waals surface area contributed by atoms with Crippen molar-refractivity contribution in [2.75, 3.05) is 0 Å². The van der Waals surface area contributed by atoms with Gasteiger partial charge >= 0.3 is 0 Å². The van der Waals surface area contributed by atoms with Gasteiger partial charge in [-0.05, 0) is 5.92 Å². The van der Waals surface area contributed by atoms with E-state index in [0.29, 0.717) is 24.6 Å². The predicted octanol–water partition coefficient (Wildman–Crippen LogP) is 1.56. The summed E-state index contributed by atoms with van der Waals surface area (Å²) in [4.78, 5) is 8.28. The molecule has 0 aliphatic carbocycles. The maximum Gasteiger partial charge on any atom is 0.227 e. The summed E-state index contributed by atoms with van der Waals surface area (Å²) in [6.07, 6.45) is 4.48. The Hall–Kier alpha value is -2.16. The zero-order chi connectivity index (χ0) is 12.3. The van der Waals surface area contributed by atoms with Crippen LogP contribution < -0.4 is 0 Å². The van der Waals surface area contributed by atoms with Crippen LogP contribution in [0.3, 0.4) is 0 Å². The lowest BCUT2D eigenvalue weighted by Gasteiger charge is -2.00. The molecule has 0 bridgehead atoms. The second-order valence-corrected chi connectivity index (χ2v) is 4.07. The number of hydrogen-bond acceptors (Lipinski definition) is 5. The first-order valence-electron chi connectivity index (χ1n) is 5.37. The normalized spacial score (nSPS) is 12.3. The summed E-state index contributed by atoms with van der Waals surface area (Å²) in [5.74, 6) is 1.31. The Morgan fingerprint density at radius 1 is 1.59 bits per heavy atom. The van der Waals surface area contributed by atoms with E-state index in [2.05, 4.69) is 21.2 Å². The molecule has 0 spiro atoms. The highest BCUT2D eigenvalue weighted by molar-refractivity contribution is 5.46. The molecule has 0 fully saturated rings. The van der Waals surface area contributed by atoms with Crippen molar-refractivity contribution in [3.05, 3.63) is 18.4 Å². The number of aryl methyl sites for hydroxylation is 1. The van der Waals surface area contributed by atoms with Gasteiger partial charge in [0.15, 0.2) is 0 Å². The fraction of sp³-hybridized carbons (Fsp3) is 0.455. The van der Waals surface area contributed by atoms with Crippen LogP contribution in [0, 0.1) is 17.2 Å². The van der Waals surface area contributed by atoms with E-state index in [1.165, 1.54) is 0 Å². The Labute approximate surface area is 98.9 Å². The summed E-state index contributed by atoms with van der Waals surface area (Å²) in [6, 6.07) is 2.13. The first kappa shape index (κ1) is 11.3. The van der Waals surface area contributed by atoms with E-state index in [1.807, 2.05) is 18.5 Å². The van der Waals surface area contributed by atoms with Crippen molar-refractivity contribution in [2.45, 2.75) is 19.8 Å². The van der Waals surface area contributed by atoms with Gasteiger partial charge in [0.05, 0.1) is 18.6 Å². The predicted molar refractivity (Wildman–Crippen MR) is 59.6 cm³/mol. The van der Waals surface area contributed by atoms with Crippen LogP contribution in [0.1, 0.15) is 19.2 Å². The SMILES string of the molecule is CC(CC#N)Cc1nc(-c2cncn2C)no1. The Morgan fingerprint density at radius 3 is 3.06 bits per heavy atom. The lowest BCUT2D eigenvalue weighted by atomic mass is 10.1. The van der Waals surface area contributed by atoms with Crippen LogP contribution in [0.2, 0.25) is 0 Å². The number of nitrogens with zero attached hydrogens (tertiary/aromatic N) is 5. The van der Waals surface area contributed by atoms with Gasteiger partial charge in [-0.25, -0.2) is 4.98 Å². The van der Waals surface area contributed by atoms with Gasteiger partial charge in [-0.2, -0.15) is 10.2 Å². The highest BCUT2D eigenvalue weighted by Crippen LogP contribution is 2.16. The Morgan fingerprint density at radius 2 is 2.41 bits per heavy atom. The van der Waals surface area contributed by atoms with Crippen molar-refractivity contribution in [1.82, 2.24) is 19.7 Å². The molecule has 0 saturated carbocycles. The van der Waals surface area contributed by atoms with Gasteiger partial charge in [-0.15, -0.1) is 0 Å². The number of nitriles is 1. The summed E-state index contributed by atoms with van der Waals surface area (Å²) in [5.41, 5.74) is 0.813. The van der Waals surface area contributed by atoms with Crippen LogP contribution in [-0.4, -0.2) is 19.7 Å². The minimum absolute atomic E-state index is 0.222. The quantitative estimate of drug-likeness (QED) is 0.797. The van der Waals surface area contributed by atoms with Crippen molar-refractivity contribution in [3.8, 4) is 17.6 Å². The number of hydrogen-bond donors (Lipinski definition) is 0. The summed E-state index contributed by atoms with van der Waals surface area (Å²) in [5, 5.41) is 12.5. The van der Waals surface area contributed by atoms with E-state index >= 15 is 0 Å². The second kappa shape index (κ2) is 4.78. The van der Waals surface area contributed by atoms with Gasteiger partial charge in [0.2, 0.25) is 11.7 Å². The second-order valence-electron chi connectivity index (χ2n) is 4.07. The third-order valence-corrected chi connectivity index (χ3v) is 2.48. The average Bonchev–Trinajstić information content (AvgIpc) is 2.87. The average molecular weight is 231 g/mol. The maximum absolute atomic E-state index is 8.58. The van der Waals surface area contributed by atoms with E-state index in [4.69, 9.17) is 9.78 Å². The first-order chi connectivity index (χ1) is 8.20. The summed E-state index contributed by atoms with van der Waals surface area (Å²) in [7, 11) is 1.87. The van der Waals surface area contributed by atoms with Crippen molar-refractivity contribution in [2.24, 2.45) is 13.0 Å². The fourth-order valence-electron chi connectivity index (χ4n) is 1.54. The van der Waals surface area contributed by atoms with Gasteiger partial charge < -0.3 is 9.09 Å². The van der Waals surface area contributed by atoms with Crippen LogP contribution in [0.25, 0.3) is 11.5 Å². The molecular formula is C11H13N5O. The molecule has 2 rings (SSSR count). The minimum Gasteiger partial charge on any atom is -0.339 e. The third kappa shape index (κ3) is 2.50. The summed E-state index contributed by atoms with van der Waals surface area (Å²) >= 11 is 0. The van der Waals surface area contributed by atoms with Crippen LogP contribution in [0.5, 0.6) is 0 Å². The molecule has 17 heavy (non-hydrogen) atoms. The van der Waals surface area contributed by atoms with Crippen LogP contribution in [0.15, 0.2) is 17.0 Å².